The molecule has 0 fully saturated rings. The fourth-order valence-electron chi connectivity index (χ4n) is 3.66. The third-order valence-electron chi connectivity index (χ3n) is 5.54. The van der Waals surface area contributed by atoms with Crippen LogP contribution in [-0.2, 0) is 26.2 Å². The lowest BCUT2D eigenvalue weighted by Crippen LogP contribution is -2.52. The van der Waals surface area contributed by atoms with Crippen LogP contribution in [0.25, 0.3) is 0 Å². The van der Waals surface area contributed by atoms with E-state index in [0.29, 0.717) is 0 Å². The quantitative estimate of drug-likeness (QED) is 0.529. The molecular formula is C26H36FN3O4S. The van der Waals surface area contributed by atoms with E-state index in [4.69, 9.17) is 0 Å². The molecule has 0 aliphatic rings. The number of benzene rings is 2. The van der Waals surface area contributed by atoms with Gasteiger partial charge in [-0.05, 0) is 64.3 Å². The molecule has 0 saturated carbocycles. The van der Waals surface area contributed by atoms with Crippen LogP contribution in [0.5, 0.6) is 0 Å². The van der Waals surface area contributed by atoms with Crippen LogP contribution in [0.3, 0.4) is 0 Å². The highest BCUT2D eigenvalue weighted by atomic mass is 32.2. The zero-order chi connectivity index (χ0) is 26.4. The van der Waals surface area contributed by atoms with Gasteiger partial charge in [-0.15, -0.1) is 0 Å². The second-order valence-corrected chi connectivity index (χ2v) is 11.7. The minimum atomic E-state index is -3.76. The Morgan fingerprint density at radius 1 is 1.06 bits per heavy atom. The maximum absolute atomic E-state index is 14.3. The molecule has 0 spiro atoms. The summed E-state index contributed by atoms with van der Waals surface area (Å²) in [6, 6.07) is 12.5. The van der Waals surface area contributed by atoms with Crippen LogP contribution < -0.4 is 9.62 Å². The van der Waals surface area contributed by atoms with Gasteiger partial charge in [0.15, 0.2) is 0 Å². The molecule has 0 aliphatic carbocycles. The van der Waals surface area contributed by atoms with Crippen molar-refractivity contribution in [1.29, 1.82) is 0 Å². The molecule has 0 aliphatic heterocycles. The standard InChI is InChI=1S/C26H36FN3O4S/c1-19-12-7-8-13-21(19)18-29(20(2)25(32)28-26(3,4)5)24(31)16-11-17-30(35(6,33)34)23-15-10-9-14-22(23)27/h7-10,12-15,20H,11,16-18H2,1-6H3,(H,28,32)/t20-/m0/s1. The van der Waals surface area contributed by atoms with Crippen LogP contribution in [0, 0.1) is 12.7 Å². The number of rotatable bonds is 10. The Hall–Kier alpha value is -2.94. The summed E-state index contributed by atoms with van der Waals surface area (Å²) in [4.78, 5) is 27.7. The SMILES string of the molecule is Cc1ccccc1CN(C(=O)CCCN(c1ccccc1F)S(C)(=O)=O)[C@@H](C)C(=O)NC(C)(C)C. The predicted octanol–water partition coefficient (Wildman–Crippen LogP) is 4.01. The molecule has 0 unspecified atom stereocenters. The third-order valence-corrected chi connectivity index (χ3v) is 6.72. The zero-order valence-electron chi connectivity index (χ0n) is 21.3. The van der Waals surface area contributed by atoms with Gasteiger partial charge in [-0.3, -0.25) is 13.9 Å². The molecule has 2 aromatic rings. The molecule has 2 amide bonds. The van der Waals surface area contributed by atoms with E-state index in [0.717, 1.165) is 21.7 Å². The van der Waals surface area contributed by atoms with Crippen molar-refractivity contribution >= 4 is 27.5 Å². The van der Waals surface area contributed by atoms with Crippen molar-refractivity contribution in [2.24, 2.45) is 0 Å². The number of carbonyl (C=O) groups is 2. The first-order valence-electron chi connectivity index (χ1n) is 11.6. The summed E-state index contributed by atoms with van der Waals surface area (Å²) in [5.74, 6) is -1.21. The van der Waals surface area contributed by atoms with Crippen LogP contribution in [-0.4, -0.2) is 49.5 Å². The molecule has 192 valence electrons. The summed E-state index contributed by atoms with van der Waals surface area (Å²) in [6.07, 6.45) is 1.17. The summed E-state index contributed by atoms with van der Waals surface area (Å²) in [5, 5.41) is 2.91. The zero-order valence-corrected chi connectivity index (χ0v) is 22.2. The number of anilines is 1. The predicted molar refractivity (Wildman–Crippen MR) is 137 cm³/mol. The normalized spacial score (nSPS) is 12.7. The number of aryl methyl sites for hydroxylation is 1. The number of sulfonamides is 1. The Balaban J connectivity index is 2.21. The third kappa shape index (κ3) is 8.35. The number of hydrogen-bond acceptors (Lipinski definition) is 4. The minimum Gasteiger partial charge on any atom is -0.350 e. The Morgan fingerprint density at radius 2 is 1.66 bits per heavy atom. The summed E-state index contributed by atoms with van der Waals surface area (Å²) < 4.78 is 39.9. The molecule has 0 bridgehead atoms. The second kappa shape index (κ2) is 11.7. The minimum absolute atomic E-state index is 0.000504. The lowest BCUT2D eigenvalue weighted by atomic mass is 10.1. The summed E-state index contributed by atoms with van der Waals surface area (Å²) >= 11 is 0. The lowest BCUT2D eigenvalue weighted by Gasteiger charge is -2.32. The summed E-state index contributed by atoms with van der Waals surface area (Å²) in [6.45, 7) is 9.41. The first-order valence-corrected chi connectivity index (χ1v) is 13.4. The Morgan fingerprint density at radius 3 is 2.23 bits per heavy atom. The van der Waals surface area contributed by atoms with Gasteiger partial charge in [0.25, 0.3) is 0 Å². The van der Waals surface area contributed by atoms with Crippen LogP contribution in [0.1, 0.15) is 51.7 Å². The van der Waals surface area contributed by atoms with Gasteiger partial charge in [-0.2, -0.15) is 0 Å². The molecule has 2 rings (SSSR count). The van der Waals surface area contributed by atoms with E-state index in [9.17, 15) is 22.4 Å². The van der Waals surface area contributed by atoms with Crippen molar-refractivity contribution in [3.05, 3.63) is 65.5 Å². The number of carbonyl (C=O) groups excluding carboxylic acids is 2. The topological polar surface area (TPSA) is 86.8 Å². The van der Waals surface area contributed by atoms with E-state index in [1.54, 1.807) is 13.0 Å². The van der Waals surface area contributed by atoms with Gasteiger partial charge in [0.2, 0.25) is 21.8 Å². The number of nitrogens with zero attached hydrogens (tertiary/aromatic N) is 2. The van der Waals surface area contributed by atoms with Crippen LogP contribution >= 0.6 is 0 Å². The number of para-hydroxylation sites is 1. The molecule has 1 N–H and O–H groups in total. The molecular weight excluding hydrogens is 469 g/mol. The number of nitrogens with one attached hydrogen (secondary N) is 1. The molecule has 1 atom stereocenters. The molecule has 0 heterocycles. The maximum atomic E-state index is 14.3. The second-order valence-electron chi connectivity index (χ2n) is 9.75. The van der Waals surface area contributed by atoms with E-state index >= 15 is 0 Å². The largest absolute Gasteiger partial charge is 0.350 e. The highest BCUT2D eigenvalue weighted by Gasteiger charge is 2.29. The molecule has 0 saturated heterocycles. The van der Waals surface area contributed by atoms with Crippen molar-refractivity contribution in [2.45, 2.75) is 65.6 Å². The first kappa shape index (κ1) is 28.3. The van der Waals surface area contributed by atoms with Gasteiger partial charge in [-0.1, -0.05) is 36.4 Å². The molecule has 0 aromatic heterocycles. The molecule has 7 nitrogen and oxygen atoms in total. The first-order chi connectivity index (χ1) is 16.2. The molecule has 2 aromatic carbocycles. The van der Waals surface area contributed by atoms with Gasteiger partial charge in [-0.25, -0.2) is 12.8 Å². The fourth-order valence-corrected chi connectivity index (χ4v) is 4.63. The van der Waals surface area contributed by atoms with Gasteiger partial charge in [0.05, 0.1) is 11.9 Å². The monoisotopic (exact) mass is 505 g/mol. The fraction of sp³-hybridized carbons (Fsp3) is 0.462. The van der Waals surface area contributed by atoms with Crippen molar-refractivity contribution in [1.82, 2.24) is 10.2 Å². The Bertz CT molecular complexity index is 1150. The van der Waals surface area contributed by atoms with Crippen LogP contribution in [0.4, 0.5) is 10.1 Å². The Kier molecular flexibility index (Phi) is 9.43. The van der Waals surface area contributed by atoms with E-state index in [1.165, 1.54) is 23.1 Å². The van der Waals surface area contributed by atoms with Gasteiger partial charge in [0.1, 0.15) is 11.9 Å². The average Bonchev–Trinajstić information content (AvgIpc) is 2.74. The summed E-state index contributed by atoms with van der Waals surface area (Å²) in [5.41, 5.74) is 1.40. The van der Waals surface area contributed by atoms with E-state index < -0.39 is 27.4 Å². The van der Waals surface area contributed by atoms with Crippen LogP contribution in [0.2, 0.25) is 0 Å². The molecule has 9 heteroatoms. The molecule has 0 radical (unpaired) electrons. The van der Waals surface area contributed by atoms with Gasteiger partial charge >= 0.3 is 0 Å². The van der Waals surface area contributed by atoms with Gasteiger partial charge in [0, 0.05) is 25.0 Å². The van der Waals surface area contributed by atoms with Crippen molar-refractivity contribution in [3.63, 3.8) is 0 Å². The number of amides is 2. The smallest absolute Gasteiger partial charge is 0.242 e. The van der Waals surface area contributed by atoms with Crippen molar-refractivity contribution in [3.8, 4) is 0 Å². The number of hydrogen-bond donors (Lipinski definition) is 1. The highest BCUT2D eigenvalue weighted by Crippen LogP contribution is 2.22. The van der Waals surface area contributed by atoms with Crippen LogP contribution in [0.15, 0.2) is 48.5 Å². The van der Waals surface area contributed by atoms with Crippen molar-refractivity contribution in [2.75, 3.05) is 17.1 Å². The molecule has 35 heavy (non-hydrogen) atoms. The van der Waals surface area contributed by atoms with E-state index in [1.807, 2.05) is 52.0 Å². The number of halogens is 1. The highest BCUT2D eigenvalue weighted by molar-refractivity contribution is 7.92. The van der Waals surface area contributed by atoms with Gasteiger partial charge < -0.3 is 10.2 Å². The van der Waals surface area contributed by atoms with E-state index in [-0.39, 0.29) is 43.4 Å². The lowest BCUT2D eigenvalue weighted by molar-refractivity contribution is -0.141. The Labute approximate surface area is 208 Å². The van der Waals surface area contributed by atoms with Crippen molar-refractivity contribution < 1.29 is 22.4 Å². The maximum Gasteiger partial charge on any atom is 0.242 e. The summed E-state index contributed by atoms with van der Waals surface area (Å²) in [7, 11) is -3.76. The van der Waals surface area contributed by atoms with E-state index in [2.05, 4.69) is 5.32 Å². The average molecular weight is 506 g/mol.